The van der Waals surface area contributed by atoms with Crippen LogP contribution < -0.4 is 5.32 Å². The van der Waals surface area contributed by atoms with Gasteiger partial charge in [-0.15, -0.1) is 13.2 Å². The zero-order chi connectivity index (χ0) is 20.2. The van der Waals surface area contributed by atoms with Crippen LogP contribution in [0.15, 0.2) is 25.3 Å². The lowest BCUT2D eigenvalue weighted by Gasteiger charge is -2.28. The van der Waals surface area contributed by atoms with Crippen molar-refractivity contribution >= 4 is 17.8 Å². The van der Waals surface area contributed by atoms with Crippen molar-refractivity contribution in [3.63, 3.8) is 0 Å². The average Bonchev–Trinajstić information content (AvgIpc) is 3.12. The van der Waals surface area contributed by atoms with Crippen molar-refractivity contribution in [2.75, 3.05) is 19.8 Å². The van der Waals surface area contributed by atoms with E-state index in [0.717, 1.165) is 12.8 Å². The first-order valence-corrected chi connectivity index (χ1v) is 9.51. The van der Waals surface area contributed by atoms with Gasteiger partial charge in [0.15, 0.2) is 0 Å². The molecule has 0 aromatic carbocycles. The molecule has 1 aliphatic rings. The molecule has 0 unspecified atom stereocenters. The largest absolute Gasteiger partial charge is 0.463 e. The van der Waals surface area contributed by atoms with E-state index in [1.807, 2.05) is 0 Å². The van der Waals surface area contributed by atoms with Crippen molar-refractivity contribution in [1.82, 2.24) is 10.2 Å². The number of nitrogens with zero attached hydrogens (tertiary/aromatic N) is 1. The summed E-state index contributed by atoms with van der Waals surface area (Å²) in [6.07, 6.45) is 6.19. The minimum Gasteiger partial charge on any atom is -0.463 e. The summed E-state index contributed by atoms with van der Waals surface area (Å²) in [6, 6.07) is -0.511. The van der Waals surface area contributed by atoms with E-state index in [-0.39, 0.29) is 55.9 Å². The van der Waals surface area contributed by atoms with Crippen molar-refractivity contribution < 1.29 is 24.2 Å². The highest BCUT2D eigenvalue weighted by atomic mass is 16.5. The fourth-order valence-corrected chi connectivity index (χ4v) is 3.09. The summed E-state index contributed by atoms with van der Waals surface area (Å²) in [6.45, 7) is 9.56. The second-order valence-corrected chi connectivity index (χ2v) is 6.91. The van der Waals surface area contributed by atoms with Crippen LogP contribution >= 0.6 is 0 Å². The van der Waals surface area contributed by atoms with Crippen LogP contribution in [-0.2, 0) is 19.1 Å². The van der Waals surface area contributed by atoms with Crippen molar-refractivity contribution in [3.8, 4) is 0 Å². The van der Waals surface area contributed by atoms with Gasteiger partial charge >= 0.3 is 5.97 Å². The molecular formula is C20H32N2O5. The van der Waals surface area contributed by atoms with E-state index in [1.165, 1.54) is 0 Å². The first-order chi connectivity index (χ1) is 12.9. The molecule has 0 bridgehead atoms. The Bertz CT molecular complexity index is 534. The van der Waals surface area contributed by atoms with Crippen molar-refractivity contribution in [2.24, 2.45) is 5.92 Å². The van der Waals surface area contributed by atoms with E-state index in [2.05, 4.69) is 18.5 Å². The van der Waals surface area contributed by atoms with E-state index in [0.29, 0.717) is 19.4 Å². The van der Waals surface area contributed by atoms with Crippen LogP contribution in [0, 0.1) is 5.92 Å². The van der Waals surface area contributed by atoms with E-state index < -0.39 is 5.92 Å². The van der Waals surface area contributed by atoms with Crippen molar-refractivity contribution in [2.45, 2.75) is 57.5 Å². The van der Waals surface area contributed by atoms with Gasteiger partial charge in [0.1, 0.15) is 6.61 Å². The van der Waals surface area contributed by atoms with Gasteiger partial charge in [0.2, 0.25) is 11.8 Å². The Morgan fingerprint density at radius 2 is 2.07 bits per heavy atom. The van der Waals surface area contributed by atoms with Gasteiger partial charge < -0.3 is 20.1 Å². The number of carbonyl (C=O) groups excluding carboxylic acids is 3. The lowest BCUT2D eigenvalue weighted by Crippen LogP contribution is -2.44. The maximum atomic E-state index is 12.9. The van der Waals surface area contributed by atoms with Gasteiger partial charge in [-0.25, -0.2) is 0 Å². The number of rotatable bonds is 12. The first kappa shape index (κ1) is 22.9. The van der Waals surface area contributed by atoms with Gasteiger partial charge in [-0.05, 0) is 32.6 Å². The summed E-state index contributed by atoms with van der Waals surface area (Å²) in [7, 11) is 0. The molecule has 0 aromatic heterocycles. The maximum Gasteiger partial charge on any atom is 0.306 e. The SMILES string of the molecule is C=CCCC(=O)OC[C@@H]1CCCN1C(=O)[C@H](CC=C)CC(=O)N[C@@H](C)CO. The summed E-state index contributed by atoms with van der Waals surface area (Å²) in [5, 5.41) is 11.7. The van der Waals surface area contributed by atoms with E-state index in [4.69, 9.17) is 9.84 Å². The topological polar surface area (TPSA) is 95.9 Å². The number of aliphatic hydroxyl groups excluding tert-OH is 1. The Morgan fingerprint density at radius 3 is 2.70 bits per heavy atom. The fourth-order valence-electron chi connectivity index (χ4n) is 3.09. The van der Waals surface area contributed by atoms with Gasteiger partial charge in [-0.3, -0.25) is 14.4 Å². The van der Waals surface area contributed by atoms with Gasteiger partial charge in [0.25, 0.3) is 0 Å². The maximum absolute atomic E-state index is 12.9. The quantitative estimate of drug-likeness (QED) is 0.396. The molecule has 1 fully saturated rings. The van der Waals surface area contributed by atoms with Gasteiger partial charge in [-0.2, -0.15) is 0 Å². The van der Waals surface area contributed by atoms with Gasteiger partial charge in [0.05, 0.1) is 18.6 Å². The Labute approximate surface area is 161 Å². The zero-order valence-electron chi connectivity index (χ0n) is 16.2. The molecule has 2 amide bonds. The van der Waals surface area contributed by atoms with Crippen molar-refractivity contribution in [3.05, 3.63) is 25.3 Å². The van der Waals surface area contributed by atoms with Crippen LogP contribution in [0.2, 0.25) is 0 Å². The number of likely N-dealkylation sites (tertiary alicyclic amines) is 1. The lowest BCUT2D eigenvalue weighted by molar-refractivity contribution is -0.148. The molecule has 1 aliphatic heterocycles. The molecule has 0 aromatic rings. The molecule has 0 radical (unpaired) electrons. The molecule has 7 heteroatoms. The average molecular weight is 380 g/mol. The minimum absolute atomic E-state index is 0.0392. The number of carbonyl (C=O) groups is 3. The number of hydrogen-bond donors (Lipinski definition) is 2. The number of esters is 1. The monoisotopic (exact) mass is 380 g/mol. The molecule has 1 rings (SSSR count). The van der Waals surface area contributed by atoms with E-state index >= 15 is 0 Å². The second-order valence-electron chi connectivity index (χ2n) is 6.91. The third-order valence-corrected chi connectivity index (χ3v) is 4.56. The lowest BCUT2D eigenvalue weighted by atomic mass is 9.98. The number of amides is 2. The number of hydrogen-bond acceptors (Lipinski definition) is 5. The summed E-state index contributed by atoms with van der Waals surface area (Å²) >= 11 is 0. The smallest absolute Gasteiger partial charge is 0.306 e. The van der Waals surface area contributed by atoms with Crippen LogP contribution in [0.25, 0.3) is 0 Å². The molecule has 7 nitrogen and oxygen atoms in total. The highest BCUT2D eigenvalue weighted by Crippen LogP contribution is 2.23. The highest BCUT2D eigenvalue weighted by Gasteiger charge is 2.34. The van der Waals surface area contributed by atoms with Crippen molar-refractivity contribution in [1.29, 1.82) is 0 Å². The van der Waals surface area contributed by atoms with Gasteiger partial charge in [-0.1, -0.05) is 12.2 Å². The Kier molecular flexibility index (Phi) is 10.4. The molecule has 1 heterocycles. The molecule has 0 aliphatic carbocycles. The third-order valence-electron chi connectivity index (χ3n) is 4.56. The highest BCUT2D eigenvalue weighted by molar-refractivity contribution is 5.86. The van der Waals surface area contributed by atoms with Crippen LogP contribution in [0.3, 0.4) is 0 Å². The Hall–Kier alpha value is -2.15. The predicted molar refractivity (Wildman–Crippen MR) is 103 cm³/mol. The normalized spacial score (nSPS) is 18.4. The van der Waals surface area contributed by atoms with Crippen LogP contribution in [0.1, 0.15) is 45.4 Å². The van der Waals surface area contributed by atoms with Crippen LogP contribution in [0.5, 0.6) is 0 Å². The molecule has 0 saturated carbocycles. The van der Waals surface area contributed by atoms with Crippen LogP contribution in [-0.4, -0.2) is 59.6 Å². The Morgan fingerprint density at radius 1 is 1.33 bits per heavy atom. The fraction of sp³-hybridized carbons (Fsp3) is 0.650. The van der Waals surface area contributed by atoms with E-state index in [9.17, 15) is 14.4 Å². The molecule has 3 atom stereocenters. The first-order valence-electron chi connectivity index (χ1n) is 9.51. The summed E-state index contributed by atoms with van der Waals surface area (Å²) < 4.78 is 5.29. The molecular weight excluding hydrogens is 348 g/mol. The Balaban J connectivity index is 2.64. The number of aliphatic hydroxyl groups is 1. The third kappa shape index (κ3) is 7.95. The summed E-state index contributed by atoms with van der Waals surface area (Å²) in [5.74, 6) is -1.20. The predicted octanol–water partition coefficient (Wildman–Crippen LogP) is 1.57. The molecule has 152 valence electrons. The molecule has 2 N–H and O–H groups in total. The van der Waals surface area contributed by atoms with Crippen LogP contribution in [0.4, 0.5) is 0 Å². The molecule has 27 heavy (non-hydrogen) atoms. The van der Waals surface area contributed by atoms with Gasteiger partial charge in [0, 0.05) is 25.4 Å². The number of allylic oxidation sites excluding steroid dienone is 2. The van der Waals surface area contributed by atoms with E-state index in [1.54, 1.807) is 24.0 Å². The minimum atomic E-state index is -0.509. The number of nitrogens with one attached hydrogen (secondary N) is 1. The zero-order valence-corrected chi connectivity index (χ0v) is 16.2. The molecule has 1 saturated heterocycles. The standard InChI is InChI=1S/C20H32N2O5/c1-4-6-10-19(25)27-14-17-9-7-11-22(17)20(26)16(8-5-2)12-18(24)21-15(3)13-23/h4-5,15-17,23H,1-2,6-14H2,3H3,(H,21,24)/t15-,16+,17-/m0/s1. The summed E-state index contributed by atoms with van der Waals surface area (Å²) in [4.78, 5) is 38.5. The molecule has 0 spiro atoms. The second kappa shape index (κ2) is 12.3. The number of ether oxygens (including phenoxy) is 1. The summed E-state index contributed by atoms with van der Waals surface area (Å²) in [5.41, 5.74) is 0.